The van der Waals surface area contributed by atoms with Crippen molar-refractivity contribution in [2.45, 2.75) is 13.0 Å². The average Bonchev–Trinajstić information content (AvgIpc) is 2.75. The summed E-state index contributed by atoms with van der Waals surface area (Å²) in [6, 6.07) is 23.8. The third kappa shape index (κ3) is 5.64. The standard InChI is InChI=1S/C24H26N2O4S/c1-18-10-9-13-20(16-18)24(19-11-5-4-6-12-19)25-23(27)17-26(31(3,28)29)21-14-7-8-15-22(21)30-2/h4-16,24H,17H2,1-3H3,(H,25,27). The largest absolute Gasteiger partial charge is 0.495 e. The Bertz CT molecular complexity index is 1150. The first-order valence-electron chi connectivity index (χ1n) is 9.81. The first-order valence-corrected chi connectivity index (χ1v) is 11.7. The molecular formula is C24H26N2O4S. The van der Waals surface area contributed by atoms with Gasteiger partial charge in [-0.2, -0.15) is 0 Å². The number of aryl methyl sites for hydroxylation is 1. The number of para-hydroxylation sites is 2. The molecule has 0 bridgehead atoms. The lowest BCUT2D eigenvalue weighted by Gasteiger charge is -2.26. The van der Waals surface area contributed by atoms with Gasteiger partial charge in [0, 0.05) is 0 Å². The number of benzene rings is 3. The van der Waals surface area contributed by atoms with Crippen LogP contribution in [0.2, 0.25) is 0 Å². The van der Waals surface area contributed by atoms with E-state index in [1.165, 1.54) is 7.11 Å². The minimum Gasteiger partial charge on any atom is -0.495 e. The molecule has 0 radical (unpaired) electrons. The van der Waals surface area contributed by atoms with Crippen LogP contribution in [0, 0.1) is 6.92 Å². The highest BCUT2D eigenvalue weighted by Gasteiger charge is 2.25. The molecule has 1 unspecified atom stereocenters. The van der Waals surface area contributed by atoms with Gasteiger partial charge in [-0.05, 0) is 30.2 Å². The molecule has 0 fully saturated rings. The van der Waals surface area contributed by atoms with E-state index >= 15 is 0 Å². The van der Waals surface area contributed by atoms with Gasteiger partial charge in [-0.25, -0.2) is 8.42 Å². The van der Waals surface area contributed by atoms with Crippen molar-refractivity contribution in [3.63, 3.8) is 0 Å². The predicted molar refractivity (Wildman–Crippen MR) is 123 cm³/mol. The molecule has 3 aromatic rings. The van der Waals surface area contributed by atoms with Crippen LogP contribution in [0.3, 0.4) is 0 Å². The lowest BCUT2D eigenvalue weighted by molar-refractivity contribution is -0.120. The highest BCUT2D eigenvalue weighted by Crippen LogP contribution is 2.29. The molecule has 0 saturated heterocycles. The van der Waals surface area contributed by atoms with Gasteiger partial charge in [-0.3, -0.25) is 9.10 Å². The Morgan fingerprint density at radius 1 is 0.968 bits per heavy atom. The van der Waals surface area contributed by atoms with Gasteiger partial charge in [0.15, 0.2) is 0 Å². The van der Waals surface area contributed by atoms with Crippen molar-refractivity contribution in [2.75, 3.05) is 24.2 Å². The number of sulfonamides is 1. The number of hydrogen-bond acceptors (Lipinski definition) is 4. The van der Waals surface area contributed by atoms with Crippen molar-refractivity contribution in [3.05, 3.63) is 95.6 Å². The molecule has 1 amide bonds. The zero-order valence-corrected chi connectivity index (χ0v) is 18.6. The van der Waals surface area contributed by atoms with Crippen LogP contribution in [0.4, 0.5) is 5.69 Å². The Hall–Kier alpha value is -3.32. The van der Waals surface area contributed by atoms with E-state index in [-0.39, 0.29) is 6.54 Å². The van der Waals surface area contributed by atoms with Crippen LogP contribution >= 0.6 is 0 Å². The van der Waals surface area contributed by atoms with Gasteiger partial charge in [0.05, 0.1) is 25.1 Å². The minimum atomic E-state index is -3.72. The summed E-state index contributed by atoms with van der Waals surface area (Å²) in [5.74, 6) is -0.0503. The second kappa shape index (κ2) is 9.66. The topological polar surface area (TPSA) is 75.7 Å². The van der Waals surface area contributed by atoms with Crippen LogP contribution in [0.5, 0.6) is 5.75 Å². The summed E-state index contributed by atoms with van der Waals surface area (Å²) >= 11 is 0. The maximum absolute atomic E-state index is 13.1. The van der Waals surface area contributed by atoms with Crippen molar-refractivity contribution in [2.24, 2.45) is 0 Å². The molecule has 0 aliphatic heterocycles. The van der Waals surface area contributed by atoms with Gasteiger partial charge in [0.1, 0.15) is 12.3 Å². The van der Waals surface area contributed by atoms with Crippen LogP contribution in [0.15, 0.2) is 78.9 Å². The molecule has 6 nitrogen and oxygen atoms in total. The number of ether oxygens (including phenoxy) is 1. The zero-order chi connectivity index (χ0) is 22.4. The average molecular weight is 439 g/mol. The molecule has 1 N–H and O–H groups in total. The summed E-state index contributed by atoms with van der Waals surface area (Å²) in [5.41, 5.74) is 3.21. The molecule has 162 valence electrons. The van der Waals surface area contributed by atoms with E-state index in [4.69, 9.17) is 4.74 Å². The minimum absolute atomic E-state index is 0.314. The predicted octanol–water partition coefficient (Wildman–Crippen LogP) is 3.68. The molecule has 0 aliphatic rings. The lowest BCUT2D eigenvalue weighted by Crippen LogP contribution is -2.42. The second-order valence-electron chi connectivity index (χ2n) is 7.27. The number of carbonyl (C=O) groups excluding carboxylic acids is 1. The molecule has 1 atom stereocenters. The number of anilines is 1. The molecule has 0 spiro atoms. The van der Waals surface area contributed by atoms with E-state index in [2.05, 4.69) is 5.32 Å². The van der Waals surface area contributed by atoms with Crippen LogP contribution in [0.1, 0.15) is 22.7 Å². The molecule has 31 heavy (non-hydrogen) atoms. The summed E-state index contributed by atoms with van der Waals surface area (Å²) in [6.45, 7) is 1.62. The summed E-state index contributed by atoms with van der Waals surface area (Å²) in [4.78, 5) is 13.1. The van der Waals surface area contributed by atoms with Crippen molar-refractivity contribution in [1.82, 2.24) is 5.32 Å². The number of rotatable bonds is 8. The molecule has 3 aromatic carbocycles. The number of hydrogen-bond donors (Lipinski definition) is 1. The van der Waals surface area contributed by atoms with Crippen molar-refractivity contribution in [1.29, 1.82) is 0 Å². The van der Waals surface area contributed by atoms with E-state index in [0.29, 0.717) is 11.4 Å². The highest BCUT2D eigenvalue weighted by atomic mass is 32.2. The first kappa shape index (κ1) is 22.4. The molecule has 7 heteroatoms. The van der Waals surface area contributed by atoms with E-state index in [0.717, 1.165) is 27.3 Å². The number of amides is 1. The van der Waals surface area contributed by atoms with E-state index in [9.17, 15) is 13.2 Å². The van der Waals surface area contributed by atoms with Gasteiger partial charge < -0.3 is 10.1 Å². The Labute approximate surface area is 183 Å². The molecular weight excluding hydrogens is 412 g/mol. The fourth-order valence-electron chi connectivity index (χ4n) is 3.41. The Morgan fingerprint density at radius 2 is 1.61 bits per heavy atom. The fourth-order valence-corrected chi connectivity index (χ4v) is 4.27. The fraction of sp³-hybridized carbons (Fsp3) is 0.208. The van der Waals surface area contributed by atoms with E-state index in [1.54, 1.807) is 24.3 Å². The van der Waals surface area contributed by atoms with Crippen molar-refractivity contribution >= 4 is 21.6 Å². The highest BCUT2D eigenvalue weighted by molar-refractivity contribution is 7.92. The maximum Gasteiger partial charge on any atom is 0.241 e. The maximum atomic E-state index is 13.1. The Morgan fingerprint density at radius 3 is 2.26 bits per heavy atom. The SMILES string of the molecule is COc1ccccc1N(CC(=O)NC(c1ccccc1)c1cccc(C)c1)S(C)(=O)=O. The van der Waals surface area contributed by atoms with Crippen LogP contribution < -0.4 is 14.4 Å². The normalized spacial score (nSPS) is 12.1. The molecule has 0 heterocycles. The van der Waals surface area contributed by atoms with Crippen LogP contribution in [-0.2, 0) is 14.8 Å². The van der Waals surface area contributed by atoms with Crippen LogP contribution in [0.25, 0.3) is 0 Å². The smallest absolute Gasteiger partial charge is 0.241 e. The van der Waals surface area contributed by atoms with Crippen molar-refractivity contribution < 1.29 is 17.9 Å². The van der Waals surface area contributed by atoms with E-state index in [1.807, 2.05) is 61.5 Å². The van der Waals surface area contributed by atoms with E-state index < -0.39 is 22.0 Å². The second-order valence-corrected chi connectivity index (χ2v) is 9.17. The Balaban J connectivity index is 1.92. The number of methoxy groups -OCH3 is 1. The van der Waals surface area contributed by atoms with Gasteiger partial charge in [-0.1, -0.05) is 72.3 Å². The quantitative estimate of drug-likeness (QED) is 0.582. The number of nitrogens with one attached hydrogen (secondary N) is 1. The third-order valence-corrected chi connectivity index (χ3v) is 5.98. The van der Waals surface area contributed by atoms with Gasteiger partial charge in [-0.15, -0.1) is 0 Å². The summed E-state index contributed by atoms with van der Waals surface area (Å²) in [7, 11) is -2.26. The lowest BCUT2D eigenvalue weighted by atomic mass is 9.97. The number of nitrogens with zero attached hydrogens (tertiary/aromatic N) is 1. The Kier molecular flexibility index (Phi) is 6.97. The molecule has 0 saturated carbocycles. The van der Waals surface area contributed by atoms with Gasteiger partial charge >= 0.3 is 0 Å². The zero-order valence-electron chi connectivity index (χ0n) is 17.8. The third-order valence-electron chi connectivity index (χ3n) is 4.86. The summed E-state index contributed by atoms with van der Waals surface area (Å²) < 4.78 is 31.3. The number of carbonyl (C=O) groups is 1. The summed E-state index contributed by atoms with van der Waals surface area (Å²) in [6.07, 6.45) is 1.07. The monoisotopic (exact) mass is 438 g/mol. The first-order chi connectivity index (χ1) is 14.8. The molecule has 3 rings (SSSR count). The van der Waals surface area contributed by atoms with Crippen LogP contribution in [-0.4, -0.2) is 34.2 Å². The molecule has 0 aliphatic carbocycles. The molecule has 0 aromatic heterocycles. The van der Waals surface area contributed by atoms with Gasteiger partial charge in [0.25, 0.3) is 0 Å². The van der Waals surface area contributed by atoms with Crippen molar-refractivity contribution in [3.8, 4) is 5.75 Å². The summed E-state index contributed by atoms with van der Waals surface area (Å²) in [5, 5.41) is 3.00. The van der Waals surface area contributed by atoms with Gasteiger partial charge in [0.2, 0.25) is 15.9 Å².